The second kappa shape index (κ2) is 9.87. The molecule has 0 heterocycles. The number of benzene rings is 2. The molecule has 140 valence electrons. The third-order valence-electron chi connectivity index (χ3n) is 5.00. The van der Waals surface area contributed by atoms with Crippen LogP contribution in [0.15, 0.2) is 73.3 Å². The van der Waals surface area contributed by atoms with Gasteiger partial charge in [0.15, 0.2) is 0 Å². The highest BCUT2D eigenvalue weighted by Crippen LogP contribution is 2.24. The monoisotopic (exact) mass is 357 g/mol. The molecule has 2 rings (SSSR count). The maximum absolute atomic E-state index is 8.38. The zero-order chi connectivity index (χ0) is 19.8. The average molecular weight is 358 g/mol. The Morgan fingerprint density at radius 1 is 1.07 bits per heavy atom. The topological polar surface area (TPSA) is 23.9 Å². The van der Waals surface area contributed by atoms with E-state index in [1.54, 1.807) is 6.08 Å². The van der Waals surface area contributed by atoms with Crippen molar-refractivity contribution in [3.8, 4) is 0 Å². The van der Waals surface area contributed by atoms with Gasteiger partial charge < -0.3 is 0 Å². The predicted molar refractivity (Wildman–Crippen MR) is 120 cm³/mol. The third-order valence-corrected chi connectivity index (χ3v) is 5.00. The zero-order valence-electron chi connectivity index (χ0n) is 16.9. The fraction of sp³-hybridized carbons (Fsp3) is 0.269. The van der Waals surface area contributed by atoms with Gasteiger partial charge in [0.1, 0.15) is 0 Å². The van der Waals surface area contributed by atoms with Crippen molar-refractivity contribution in [2.24, 2.45) is 0 Å². The lowest BCUT2D eigenvalue weighted by Crippen LogP contribution is -2.04. The number of nitrogens with one attached hydrogen (secondary N) is 1. The molecule has 0 aliphatic rings. The summed E-state index contributed by atoms with van der Waals surface area (Å²) in [5, 5.41) is 8.38. The Labute approximate surface area is 164 Å². The van der Waals surface area contributed by atoms with Gasteiger partial charge in [0.05, 0.1) is 5.71 Å². The van der Waals surface area contributed by atoms with Gasteiger partial charge >= 0.3 is 0 Å². The number of hydrogen-bond donors (Lipinski definition) is 1. The lowest BCUT2D eigenvalue weighted by atomic mass is 9.92. The summed E-state index contributed by atoms with van der Waals surface area (Å²) in [5.74, 6) is 0. The molecule has 0 amide bonds. The van der Waals surface area contributed by atoms with Gasteiger partial charge in [-0.2, -0.15) is 0 Å². The molecule has 27 heavy (non-hydrogen) atoms. The van der Waals surface area contributed by atoms with Gasteiger partial charge in [0, 0.05) is 5.56 Å². The molecule has 2 aromatic rings. The average Bonchev–Trinajstić information content (AvgIpc) is 2.67. The molecule has 1 nitrogen and oxygen atoms in total. The summed E-state index contributed by atoms with van der Waals surface area (Å²) in [4.78, 5) is 0. The highest BCUT2D eigenvalue weighted by molar-refractivity contribution is 6.11. The van der Waals surface area contributed by atoms with Crippen molar-refractivity contribution in [3.63, 3.8) is 0 Å². The number of rotatable bonds is 9. The first-order valence-electron chi connectivity index (χ1n) is 9.72. The summed E-state index contributed by atoms with van der Waals surface area (Å²) < 4.78 is 0. The standard InChI is InChI=1S/C26H31N/c1-6-10-20(4)26(27)25-17-16-24(18-21(25)5)19(3)14-15-23-13-9-8-12-22(23)11-7-2/h6,8-10,12-13,16-18,27H,1,3,7,11,14-15H2,2,4-5H3/b20-10-,27-26?. The van der Waals surface area contributed by atoms with E-state index in [4.69, 9.17) is 5.41 Å². The van der Waals surface area contributed by atoms with E-state index in [0.717, 1.165) is 41.5 Å². The number of aryl methyl sites for hydroxylation is 3. The second-order valence-electron chi connectivity index (χ2n) is 7.11. The molecule has 0 unspecified atom stereocenters. The quantitative estimate of drug-likeness (QED) is 0.366. The van der Waals surface area contributed by atoms with Crippen LogP contribution in [0.5, 0.6) is 0 Å². The molecule has 0 saturated carbocycles. The molecule has 0 aliphatic heterocycles. The first-order valence-corrected chi connectivity index (χ1v) is 9.72. The minimum atomic E-state index is 0.554. The molecule has 0 spiro atoms. The molecule has 1 N–H and O–H groups in total. The third kappa shape index (κ3) is 5.40. The molecular weight excluding hydrogens is 326 g/mol. The molecule has 0 aromatic heterocycles. The van der Waals surface area contributed by atoms with E-state index in [2.05, 4.69) is 63.4 Å². The maximum Gasteiger partial charge on any atom is 0.0644 e. The Hall–Kier alpha value is -2.67. The van der Waals surface area contributed by atoms with Crippen molar-refractivity contribution in [2.45, 2.75) is 46.5 Å². The van der Waals surface area contributed by atoms with Crippen LogP contribution >= 0.6 is 0 Å². The van der Waals surface area contributed by atoms with Crippen LogP contribution in [0.25, 0.3) is 5.57 Å². The van der Waals surface area contributed by atoms with Crippen LogP contribution in [-0.2, 0) is 12.8 Å². The lowest BCUT2D eigenvalue weighted by molar-refractivity contribution is 0.887. The Kier molecular flexibility index (Phi) is 7.55. The molecule has 0 aliphatic carbocycles. The smallest absolute Gasteiger partial charge is 0.0644 e. The molecule has 0 atom stereocenters. The molecule has 0 fully saturated rings. The molecular formula is C26H31N. The number of allylic oxidation sites excluding steroid dienone is 4. The van der Waals surface area contributed by atoms with Gasteiger partial charge in [-0.25, -0.2) is 0 Å². The lowest BCUT2D eigenvalue weighted by Gasteiger charge is -2.13. The summed E-state index contributed by atoms with van der Waals surface area (Å²) in [6.45, 7) is 14.3. The van der Waals surface area contributed by atoms with Crippen LogP contribution < -0.4 is 0 Å². The second-order valence-corrected chi connectivity index (χ2v) is 7.11. The molecule has 0 bridgehead atoms. The fourth-order valence-electron chi connectivity index (χ4n) is 3.38. The van der Waals surface area contributed by atoms with Crippen LogP contribution in [0, 0.1) is 12.3 Å². The van der Waals surface area contributed by atoms with Gasteiger partial charge in [-0.15, -0.1) is 0 Å². The van der Waals surface area contributed by atoms with Crippen molar-refractivity contribution in [3.05, 3.63) is 101 Å². The Morgan fingerprint density at radius 2 is 1.74 bits per heavy atom. The van der Waals surface area contributed by atoms with E-state index in [-0.39, 0.29) is 0 Å². The Balaban J connectivity index is 2.12. The molecule has 0 saturated heterocycles. The Morgan fingerprint density at radius 3 is 2.33 bits per heavy atom. The van der Waals surface area contributed by atoms with E-state index in [1.807, 2.05) is 19.1 Å². The van der Waals surface area contributed by atoms with Crippen molar-refractivity contribution in [1.29, 1.82) is 5.41 Å². The molecule has 0 radical (unpaired) electrons. The normalized spacial score (nSPS) is 11.3. The fourth-order valence-corrected chi connectivity index (χ4v) is 3.38. The van der Waals surface area contributed by atoms with Crippen molar-refractivity contribution in [2.75, 3.05) is 0 Å². The largest absolute Gasteiger partial charge is 0.300 e. The van der Waals surface area contributed by atoms with E-state index in [9.17, 15) is 0 Å². The minimum Gasteiger partial charge on any atom is -0.300 e. The highest BCUT2D eigenvalue weighted by Gasteiger charge is 2.09. The highest BCUT2D eigenvalue weighted by atomic mass is 14.4. The summed E-state index contributed by atoms with van der Waals surface area (Å²) in [7, 11) is 0. The van der Waals surface area contributed by atoms with Crippen molar-refractivity contribution < 1.29 is 0 Å². The van der Waals surface area contributed by atoms with E-state index in [0.29, 0.717) is 5.71 Å². The SMILES string of the molecule is C=C/C=C(/C)C(=N)c1ccc(C(=C)CCc2ccccc2CCC)cc1C. The summed E-state index contributed by atoms with van der Waals surface area (Å²) >= 11 is 0. The Bertz CT molecular complexity index is 868. The molecule has 1 heteroatoms. The van der Waals surface area contributed by atoms with Crippen LogP contribution in [0.2, 0.25) is 0 Å². The van der Waals surface area contributed by atoms with Crippen LogP contribution in [-0.4, -0.2) is 5.71 Å². The van der Waals surface area contributed by atoms with E-state index < -0.39 is 0 Å². The van der Waals surface area contributed by atoms with E-state index >= 15 is 0 Å². The zero-order valence-corrected chi connectivity index (χ0v) is 16.9. The van der Waals surface area contributed by atoms with Gasteiger partial charge in [0.25, 0.3) is 0 Å². The van der Waals surface area contributed by atoms with E-state index in [1.165, 1.54) is 23.1 Å². The van der Waals surface area contributed by atoms with Crippen LogP contribution in [0.3, 0.4) is 0 Å². The summed E-state index contributed by atoms with van der Waals surface area (Å²) in [6, 6.07) is 15.0. The molecule has 2 aromatic carbocycles. The van der Waals surface area contributed by atoms with Gasteiger partial charge in [-0.3, -0.25) is 5.41 Å². The van der Waals surface area contributed by atoms with Gasteiger partial charge in [-0.05, 0) is 66.5 Å². The van der Waals surface area contributed by atoms with Gasteiger partial charge in [-0.1, -0.05) is 81.1 Å². The number of hydrogen-bond acceptors (Lipinski definition) is 1. The van der Waals surface area contributed by atoms with Crippen molar-refractivity contribution >= 4 is 11.3 Å². The summed E-state index contributed by atoms with van der Waals surface area (Å²) in [5.41, 5.74) is 8.77. The van der Waals surface area contributed by atoms with Crippen LogP contribution in [0.4, 0.5) is 0 Å². The van der Waals surface area contributed by atoms with Crippen LogP contribution in [0.1, 0.15) is 54.5 Å². The summed E-state index contributed by atoms with van der Waals surface area (Å²) in [6.07, 6.45) is 7.88. The maximum atomic E-state index is 8.38. The van der Waals surface area contributed by atoms with Crippen molar-refractivity contribution in [1.82, 2.24) is 0 Å². The minimum absolute atomic E-state index is 0.554. The first-order chi connectivity index (χ1) is 13.0. The first kappa shape index (κ1) is 20.6. The van der Waals surface area contributed by atoms with Gasteiger partial charge in [0.2, 0.25) is 0 Å². The predicted octanol–water partition coefficient (Wildman–Crippen LogP) is 7.09.